The predicted molar refractivity (Wildman–Crippen MR) is 121 cm³/mol. The number of carbonyl (C=O) groups excluding carboxylic acids is 1. The van der Waals surface area contributed by atoms with E-state index in [1.54, 1.807) is 0 Å². The van der Waals surface area contributed by atoms with Crippen LogP contribution in [0.2, 0.25) is 0 Å². The van der Waals surface area contributed by atoms with Crippen molar-refractivity contribution in [2.24, 2.45) is 29.1 Å². The van der Waals surface area contributed by atoms with Crippen molar-refractivity contribution in [1.82, 2.24) is 4.90 Å². The fraction of sp³-hybridized carbons (Fsp3) is 0.667. The van der Waals surface area contributed by atoms with Crippen LogP contribution in [0.25, 0.3) is 0 Å². The average molecular weight is 424 g/mol. The molecule has 2 aliphatic carbocycles. The summed E-state index contributed by atoms with van der Waals surface area (Å²) in [6.45, 7) is 7.29. The number of hydrogen-bond donors (Lipinski definition) is 1. The van der Waals surface area contributed by atoms with E-state index in [4.69, 9.17) is 4.74 Å². The van der Waals surface area contributed by atoms with Gasteiger partial charge < -0.3 is 14.7 Å². The molecule has 1 aromatic rings. The number of likely N-dealkylation sites (tertiary alicyclic amines) is 1. The van der Waals surface area contributed by atoms with E-state index >= 15 is 0 Å². The van der Waals surface area contributed by atoms with E-state index < -0.39 is 6.10 Å². The molecular weight excluding hydrogens is 386 g/mol. The molecule has 0 unspecified atom stereocenters. The molecule has 3 fully saturated rings. The highest BCUT2D eigenvalue weighted by molar-refractivity contribution is 5.76. The number of allylic oxidation sites excluding steroid dienone is 1. The summed E-state index contributed by atoms with van der Waals surface area (Å²) in [6, 6.07) is 10.8. The number of rotatable bonds is 4. The number of nitrogens with zero attached hydrogens (tertiary/aromatic N) is 1. The molecule has 4 nitrogen and oxygen atoms in total. The van der Waals surface area contributed by atoms with Gasteiger partial charge in [0.05, 0.1) is 12.0 Å². The fourth-order valence-corrected chi connectivity index (χ4v) is 6.87. The van der Waals surface area contributed by atoms with Gasteiger partial charge in [0.25, 0.3) is 0 Å². The van der Waals surface area contributed by atoms with E-state index in [2.05, 4.69) is 55.2 Å². The summed E-state index contributed by atoms with van der Waals surface area (Å²) in [5.41, 5.74) is 2.52. The number of hydrogen-bond acceptors (Lipinski definition) is 4. The van der Waals surface area contributed by atoms with Gasteiger partial charge >= 0.3 is 5.97 Å². The number of piperidine rings is 1. The van der Waals surface area contributed by atoms with Crippen LogP contribution >= 0.6 is 0 Å². The lowest BCUT2D eigenvalue weighted by atomic mass is 9.55. The van der Waals surface area contributed by atoms with Crippen molar-refractivity contribution in [3.63, 3.8) is 0 Å². The van der Waals surface area contributed by atoms with Crippen LogP contribution in [-0.4, -0.2) is 47.8 Å². The monoisotopic (exact) mass is 423 g/mol. The van der Waals surface area contributed by atoms with Gasteiger partial charge in [0, 0.05) is 24.3 Å². The molecule has 1 N–H and O–H groups in total. The zero-order valence-electron chi connectivity index (χ0n) is 19.0. The topological polar surface area (TPSA) is 49.8 Å². The second-order valence-corrected chi connectivity index (χ2v) is 10.7. The molecule has 2 heterocycles. The Morgan fingerprint density at radius 3 is 2.65 bits per heavy atom. The summed E-state index contributed by atoms with van der Waals surface area (Å²) >= 11 is 0. The van der Waals surface area contributed by atoms with E-state index in [1.807, 2.05) is 0 Å². The van der Waals surface area contributed by atoms with Gasteiger partial charge in [0.15, 0.2) is 0 Å². The quantitative estimate of drug-likeness (QED) is 0.582. The summed E-state index contributed by atoms with van der Waals surface area (Å²) in [7, 11) is 0. The number of fused-ring (bicyclic) bond motifs is 2. The van der Waals surface area contributed by atoms with Crippen molar-refractivity contribution in [2.75, 3.05) is 19.6 Å². The lowest BCUT2D eigenvalue weighted by Gasteiger charge is -2.52. The summed E-state index contributed by atoms with van der Waals surface area (Å²) in [5.74, 6) is 0.803. The Bertz CT molecular complexity index is 828. The van der Waals surface area contributed by atoms with Crippen molar-refractivity contribution in [1.29, 1.82) is 0 Å². The van der Waals surface area contributed by atoms with E-state index in [-0.39, 0.29) is 29.3 Å². The van der Waals surface area contributed by atoms with Crippen LogP contribution in [0.3, 0.4) is 0 Å². The molecule has 2 saturated heterocycles. The SMILES string of the molecule is C[C@@H]1CCC=C2C[C@H]3OC(=O)[C@H](CN4CCC(Cc5ccccc5)CC4)[C@H]3[C@@H](O)[C@@]21C. The molecule has 1 aromatic carbocycles. The standard InChI is InChI=1S/C27H37NO3/c1-18-7-6-10-21-16-23-24(25(29)27(18,21)2)22(26(30)31-23)17-28-13-11-20(12-14-28)15-19-8-4-3-5-9-19/h3-5,8-10,18,20,22-25,29H,6-7,11-17H2,1-2H3/t18-,22-,23-,24-,25-,27-/m1/s1. The number of carbonyl (C=O) groups is 1. The van der Waals surface area contributed by atoms with Crippen LogP contribution in [0.15, 0.2) is 42.0 Å². The van der Waals surface area contributed by atoms with Crippen LogP contribution in [-0.2, 0) is 16.0 Å². The minimum absolute atomic E-state index is 0.0720. The first kappa shape index (κ1) is 21.2. The Kier molecular flexibility index (Phi) is 5.72. The van der Waals surface area contributed by atoms with Crippen molar-refractivity contribution >= 4 is 5.97 Å². The molecule has 6 atom stereocenters. The molecule has 31 heavy (non-hydrogen) atoms. The molecule has 5 rings (SSSR count). The summed E-state index contributed by atoms with van der Waals surface area (Å²) < 4.78 is 5.85. The van der Waals surface area contributed by atoms with Gasteiger partial charge in [-0.2, -0.15) is 0 Å². The molecule has 4 aliphatic rings. The number of aliphatic hydroxyl groups excluding tert-OH is 1. The molecule has 1 saturated carbocycles. The Morgan fingerprint density at radius 2 is 1.90 bits per heavy atom. The predicted octanol–water partition coefficient (Wildman–Crippen LogP) is 4.23. The Labute approximate surface area is 186 Å². The molecule has 168 valence electrons. The van der Waals surface area contributed by atoms with Crippen LogP contribution in [0.5, 0.6) is 0 Å². The molecule has 0 radical (unpaired) electrons. The van der Waals surface area contributed by atoms with E-state index in [0.717, 1.165) is 51.2 Å². The van der Waals surface area contributed by atoms with Crippen LogP contribution in [0, 0.1) is 29.1 Å². The first-order chi connectivity index (χ1) is 15.0. The average Bonchev–Trinajstić information content (AvgIpc) is 3.07. The van der Waals surface area contributed by atoms with Crippen molar-refractivity contribution < 1.29 is 14.6 Å². The van der Waals surface area contributed by atoms with Crippen molar-refractivity contribution in [3.8, 4) is 0 Å². The minimum Gasteiger partial charge on any atom is -0.461 e. The number of aliphatic hydroxyl groups is 1. The first-order valence-corrected chi connectivity index (χ1v) is 12.3. The lowest BCUT2D eigenvalue weighted by Crippen LogP contribution is -2.55. The van der Waals surface area contributed by atoms with Gasteiger partial charge in [-0.15, -0.1) is 0 Å². The molecular formula is C27H37NO3. The van der Waals surface area contributed by atoms with Gasteiger partial charge in [-0.25, -0.2) is 0 Å². The number of benzene rings is 1. The smallest absolute Gasteiger partial charge is 0.311 e. The van der Waals surface area contributed by atoms with Crippen LogP contribution in [0.4, 0.5) is 0 Å². The molecule has 4 heteroatoms. The summed E-state index contributed by atoms with van der Waals surface area (Å²) in [4.78, 5) is 15.3. The first-order valence-electron chi connectivity index (χ1n) is 12.3. The van der Waals surface area contributed by atoms with Crippen LogP contribution in [0.1, 0.15) is 51.5 Å². The zero-order valence-corrected chi connectivity index (χ0v) is 19.0. The highest BCUT2D eigenvalue weighted by Gasteiger charge is 2.59. The Morgan fingerprint density at radius 1 is 1.16 bits per heavy atom. The molecule has 2 aliphatic heterocycles. The van der Waals surface area contributed by atoms with E-state index in [1.165, 1.54) is 24.0 Å². The molecule has 0 amide bonds. The molecule has 0 bridgehead atoms. The maximum Gasteiger partial charge on any atom is 0.311 e. The third-order valence-electron chi connectivity index (χ3n) is 9.10. The van der Waals surface area contributed by atoms with Gasteiger partial charge in [-0.1, -0.05) is 55.8 Å². The number of ether oxygens (including phenoxy) is 1. The third-order valence-corrected chi connectivity index (χ3v) is 9.10. The highest BCUT2D eigenvalue weighted by Crippen LogP contribution is 2.56. The zero-order chi connectivity index (χ0) is 21.6. The van der Waals surface area contributed by atoms with E-state index in [9.17, 15) is 9.90 Å². The third kappa shape index (κ3) is 3.76. The highest BCUT2D eigenvalue weighted by atomic mass is 16.6. The lowest BCUT2D eigenvalue weighted by molar-refractivity contribution is -0.145. The minimum atomic E-state index is -0.500. The normalized spacial score (nSPS) is 38.9. The largest absolute Gasteiger partial charge is 0.461 e. The van der Waals surface area contributed by atoms with Crippen molar-refractivity contribution in [3.05, 3.63) is 47.5 Å². The van der Waals surface area contributed by atoms with Gasteiger partial charge in [0.2, 0.25) is 0 Å². The second-order valence-electron chi connectivity index (χ2n) is 10.7. The van der Waals surface area contributed by atoms with Crippen molar-refractivity contribution in [2.45, 2.75) is 64.6 Å². The second kappa shape index (κ2) is 8.37. The Balaban J connectivity index is 1.24. The summed E-state index contributed by atoms with van der Waals surface area (Å²) in [5, 5.41) is 11.5. The maximum absolute atomic E-state index is 12.9. The van der Waals surface area contributed by atoms with Gasteiger partial charge in [0.1, 0.15) is 6.10 Å². The summed E-state index contributed by atoms with van der Waals surface area (Å²) in [6.07, 6.45) is 8.16. The fourth-order valence-electron chi connectivity index (χ4n) is 6.87. The number of esters is 1. The Hall–Kier alpha value is -1.65. The van der Waals surface area contributed by atoms with Gasteiger partial charge in [-0.05, 0) is 62.6 Å². The maximum atomic E-state index is 12.9. The molecule has 0 aromatic heterocycles. The van der Waals surface area contributed by atoms with Crippen LogP contribution < -0.4 is 0 Å². The van der Waals surface area contributed by atoms with E-state index in [0.29, 0.717) is 5.92 Å². The van der Waals surface area contributed by atoms with Gasteiger partial charge in [-0.3, -0.25) is 4.79 Å². The molecule has 0 spiro atoms.